The summed E-state index contributed by atoms with van der Waals surface area (Å²) in [4.78, 5) is 15.6. The van der Waals surface area contributed by atoms with E-state index < -0.39 is 0 Å². The van der Waals surface area contributed by atoms with Gasteiger partial charge in [-0.25, -0.2) is 0 Å². The highest BCUT2D eigenvalue weighted by Gasteiger charge is 2.29. The minimum absolute atomic E-state index is 0. The van der Waals surface area contributed by atoms with E-state index in [1.807, 2.05) is 6.92 Å². The van der Waals surface area contributed by atoms with Gasteiger partial charge in [-0.05, 0) is 26.2 Å². The first-order valence-electron chi connectivity index (χ1n) is 7.45. The van der Waals surface area contributed by atoms with Gasteiger partial charge >= 0.3 is 0 Å². The fourth-order valence-corrected chi connectivity index (χ4v) is 2.11. The molecule has 0 bridgehead atoms. The van der Waals surface area contributed by atoms with Gasteiger partial charge < -0.3 is 20.7 Å². The van der Waals surface area contributed by atoms with Crippen molar-refractivity contribution in [3.8, 4) is 0 Å². The zero-order chi connectivity index (χ0) is 14.8. The summed E-state index contributed by atoms with van der Waals surface area (Å²) >= 11 is 0. The normalized spacial score (nSPS) is 21.6. The van der Waals surface area contributed by atoms with Crippen molar-refractivity contribution in [3.63, 3.8) is 0 Å². The second kappa shape index (κ2) is 11.1. The van der Waals surface area contributed by atoms with Crippen LogP contribution in [0.2, 0.25) is 0 Å². The molecule has 21 heavy (non-hydrogen) atoms. The van der Waals surface area contributed by atoms with Crippen LogP contribution in [0, 0.1) is 0 Å². The third-order valence-corrected chi connectivity index (χ3v) is 3.37. The molecule has 0 aromatic rings. The molecule has 6 nitrogen and oxygen atoms in total. The topological polar surface area (TPSA) is 74.8 Å². The predicted molar refractivity (Wildman–Crippen MR) is 96.3 cm³/mol. The first-order valence-corrected chi connectivity index (χ1v) is 7.45. The van der Waals surface area contributed by atoms with Gasteiger partial charge in [0.1, 0.15) is 0 Å². The van der Waals surface area contributed by atoms with Gasteiger partial charge in [-0.3, -0.25) is 9.79 Å². The number of hydrogen-bond acceptors (Lipinski definition) is 3. The van der Waals surface area contributed by atoms with Crippen LogP contribution in [-0.4, -0.2) is 50.8 Å². The molecule has 3 N–H and O–H groups in total. The number of hydrogen-bond donors (Lipinski definition) is 3. The van der Waals surface area contributed by atoms with E-state index in [1.165, 1.54) is 0 Å². The van der Waals surface area contributed by atoms with Gasteiger partial charge in [0.05, 0.1) is 5.60 Å². The molecule has 1 heterocycles. The molecule has 1 fully saturated rings. The summed E-state index contributed by atoms with van der Waals surface area (Å²) in [6.07, 6.45) is 3.59. The molecule has 0 spiro atoms. The largest absolute Gasteiger partial charge is 0.373 e. The minimum atomic E-state index is -0.101. The zero-order valence-electron chi connectivity index (χ0n) is 13.3. The molecule has 0 aromatic carbocycles. The summed E-state index contributed by atoms with van der Waals surface area (Å²) in [7, 11) is 1.73. The van der Waals surface area contributed by atoms with Gasteiger partial charge in [-0.1, -0.05) is 6.92 Å². The highest BCUT2D eigenvalue weighted by molar-refractivity contribution is 14.0. The van der Waals surface area contributed by atoms with Crippen molar-refractivity contribution in [2.75, 3.05) is 33.3 Å². The van der Waals surface area contributed by atoms with E-state index in [2.05, 4.69) is 27.9 Å². The Morgan fingerprint density at radius 3 is 2.62 bits per heavy atom. The summed E-state index contributed by atoms with van der Waals surface area (Å²) in [5.41, 5.74) is -0.101. The lowest BCUT2D eigenvalue weighted by Gasteiger charge is -2.24. The van der Waals surface area contributed by atoms with Crippen LogP contribution in [0.15, 0.2) is 4.99 Å². The maximum atomic E-state index is 11.5. The molecule has 0 saturated carbocycles. The Labute approximate surface area is 144 Å². The van der Waals surface area contributed by atoms with E-state index in [9.17, 15) is 4.79 Å². The fourth-order valence-electron chi connectivity index (χ4n) is 2.11. The third-order valence-electron chi connectivity index (χ3n) is 3.37. The van der Waals surface area contributed by atoms with Crippen molar-refractivity contribution in [2.24, 2.45) is 4.99 Å². The second-order valence-electron chi connectivity index (χ2n) is 5.35. The summed E-state index contributed by atoms with van der Waals surface area (Å²) in [5, 5.41) is 9.24. The average molecular weight is 412 g/mol. The molecule has 7 heteroatoms. The Balaban J connectivity index is 0.00000400. The van der Waals surface area contributed by atoms with E-state index in [0.29, 0.717) is 18.9 Å². The van der Waals surface area contributed by atoms with Crippen LogP contribution in [0.3, 0.4) is 0 Å². The van der Waals surface area contributed by atoms with Crippen molar-refractivity contribution in [1.82, 2.24) is 16.0 Å². The minimum Gasteiger partial charge on any atom is -0.373 e. The quantitative estimate of drug-likeness (QED) is 0.334. The van der Waals surface area contributed by atoms with E-state index in [1.54, 1.807) is 7.05 Å². The van der Waals surface area contributed by atoms with Crippen molar-refractivity contribution in [2.45, 2.75) is 45.1 Å². The Morgan fingerprint density at radius 1 is 1.29 bits per heavy atom. The molecule has 0 aliphatic carbocycles. The Bertz CT molecular complexity index is 331. The van der Waals surface area contributed by atoms with Crippen LogP contribution >= 0.6 is 24.0 Å². The second-order valence-corrected chi connectivity index (χ2v) is 5.35. The molecule has 1 atom stereocenters. The zero-order valence-corrected chi connectivity index (χ0v) is 15.7. The molecular formula is C14H29IN4O2. The Kier molecular flexibility index (Phi) is 10.8. The van der Waals surface area contributed by atoms with E-state index >= 15 is 0 Å². The van der Waals surface area contributed by atoms with Gasteiger partial charge in [0.15, 0.2) is 5.96 Å². The number of ether oxygens (including phenoxy) is 1. The lowest BCUT2D eigenvalue weighted by Crippen LogP contribution is -2.46. The van der Waals surface area contributed by atoms with Crippen LogP contribution < -0.4 is 16.0 Å². The first kappa shape index (κ1) is 20.4. The number of nitrogens with zero attached hydrogens (tertiary/aromatic N) is 1. The summed E-state index contributed by atoms with van der Waals surface area (Å²) in [6.45, 7) is 7.03. The lowest BCUT2D eigenvalue weighted by atomic mass is 10.0. The highest BCUT2D eigenvalue weighted by atomic mass is 127. The number of amides is 1. The first-order chi connectivity index (χ1) is 9.59. The van der Waals surface area contributed by atoms with E-state index in [0.717, 1.165) is 39.0 Å². The smallest absolute Gasteiger partial charge is 0.221 e. The molecule has 1 aliphatic rings. The van der Waals surface area contributed by atoms with Crippen molar-refractivity contribution in [1.29, 1.82) is 0 Å². The Morgan fingerprint density at radius 2 is 2.05 bits per heavy atom. The molecule has 1 saturated heterocycles. The fraction of sp³-hybridized carbons (Fsp3) is 0.857. The van der Waals surface area contributed by atoms with Gasteiger partial charge in [0.25, 0.3) is 0 Å². The van der Waals surface area contributed by atoms with E-state index in [4.69, 9.17) is 4.74 Å². The molecule has 124 valence electrons. The van der Waals surface area contributed by atoms with Crippen LogP contribution in [0.1, 0.15) is 39.5 Å². The molecule has 1 amide bonds. The van der Waals surface area contributed by atoms with Gasteiger partial charge in [-0.15, -0.1) is 24.0 Å². The molecule has 1 unspecified atom stereocenters. The monoisotopic (exact) mass is 412 g/mol. The number of carbonyl (C=O) groups excluding carboxylic acids is 1. The molecule has 0 aromatic heterocycles. The number of carbonyl (C=O) groups is 1. The van der Waals surface area contributed by atoms with Crippen LogP contribution in [0.25, 0.3) is 0 Å². The average Bonchev–Trinajstić information content (AvgIpc) is 2.87. The highest BCUT2D eigenvalue weighted by Crippen LogP contribution is 2.23. The predicted octanol–water partition coefficient (Wildman–Crippen LogP) is 1.25. The summed E-state index contributed by atoms with van der Waals surface area (Å²) < 4.78 is 5.71. The number of aliphatic imine (C=N–C) groups is 1. The molecule has 1 aliphatic heterocycles. The van der Waals surface area contributed by atoms with Crippen LogP contribution in [0.4, 0.5) is 0 Å². The maximum absolute atomic E-state index is 11.5. The number of nitrogens with one attached hydrogen (secondary N) is 3. The molecule has 0 radical (unpaired) electrons. The number of rotatable bonds is 7. The van der Waals surface area contributed by atoms with Gasteiger partial charge in [0, 0.05) is 39.7 Å². The van der Waals surface area contributed by atoms with Crippen molar-refractivity contribution in [3.05, 3.63) is 0 Å². The third kappa shape index (κ3) is 8.45. The maximum Gasteiger partial charge on any atom is 0.221 e. The standard InChI is InChI=1S/C14H28N4O2.HI/c1-4-8-16-12(19)6-9-17-13(15-3)18-11-14(2)7-5-10-20-14;/h4-11H2,1-3H3,(H,16,19)(H2,15,17,18);1H. The van der Waals surface area contributed by atoms with Crippen LogP contribution in [0.5, 0.6) is 0 Å². The lowest BCUT2D eigenvalue weighted by molar-refractivity contribution is -0.120. The summed E-state index contributed by atoms with van der Waals surface area (Å²) in [5.74, 6) is 0.783. The van der Waals surface area contributed by atoms with Gasteiger partial charge in [-0.2, -0.15) is 0 Å². The Hall–Kier alpha value is -0.570. The van der Waals surface area contributed by atoms with Crippen molar-refractivity contribution < 1.29 is 9.53 Å². The number of halogens is 1. The van der Waals surface area contributed by atoms with Crippen molar-refractivity contribution >= 4 is 35.8 Å². The number of guanidine groups is 1. The SMILES string of the molecule is CCCNC(=O)CCNC(=NC)NCC1(C)CCCO1.I. The van der Waals surface area contributed by atoms with Crippen LogP contribution in [-0.2, 0) is 9.53 Å². The summed E-state index contributed by atoms with van der Waals surface area (Å²) in [6, 6.07) is 0. The van der Waals surface area contributed by atoms with E-state index in [-0.39, 0.29) is 35.5 Å². The molecule has 1 rings (SSSR count). The van der Waals surface area contributed by atoms with Gasteiger partial charge in [0.2, 0.25) is 5.91 Å². The molecular weight excluding hydrogens is 383 g/mol.